The summed E-state index contributed by atoms with van der Waals surface area (Å²) >= 11 is 3.39. The molecule has 1 aliphatic heterocycles. The first-order chi connectivity index (χ1) is 9.11. The van der Waals surface area contributed by atoms with Crippen LogP contribution in [0.5, 0.6) is 0 Å². The van der Waals surface area contributed by atoms with Crippen molar-refractivity contribution in [2.75, 3.05) is 17.9 Å². The molecule has 7 heteroatoms. The maximum absolute atomic E-state index is 12.1. The Morgan fingerprint density at radius 1 is 1.32 bits per heavy atom. The summed E-state index contributed by atoms with van der Waals surface area (Å²) in [5.41, 5.74) is 0. The van der Waals surface area contributed by atoms with Gasteiger partial charge in [0.25, 0.3) is 0 Å². The number of carboxylic acids is 1. The highest BCUT2D eigenvalue weighted by atomic mass is 32.2. The van der Waals surface area contributed by atoms with Gasteiger partial charge in [-0.3, -0.25) is 0 Å². The van der Waals surface area contributed by atoms with Crippen molar-refractivity contribution in [3.8, 4) is 0 Å². The van der Waals surface area contributed by atoms with Gasteiger partial charge in [-0.1, -0.05) is 0 Å². The maximum atomic E-state index is 12.1. The molecule has 1 aliphatic carbocycles. The third-order valence-electron chi connectivity index (χ3n) is 3.76. The van der Waals surface area contributed by atoms with Crippen molar-refractivity contribution in [2.45, 2.75) is 43.0 Å². The second-order valence-electron chi connectivity index (χ2n) is 4.98. The van der Waals surface area contributed by atoms with Crippen molar-refractivity contribution in [3.63, 3.8) is 0 Å². The molecule has 0 bridgehead atoms. The molecule has 2 amide bonds. The molecular formula is C12H20N2O3S2. The number of carbonyl (C=O) groups is 2. The van der Waals surface area contributed by atoms with E-state index in [9.17, 15) is 9.59 Å². The van der Waals surface area contributed by atoms with E-state index >= 15 is 0 Å². The van der Waals surface area contributed by atoms with Gasteiger partial charge in [0.2, 0.25) is 0 Å². The number of nitrogens with zero attached hydrogens (tertiary/aromatic N) is 1. The van der Waals surface area contributed by atoms with Gasteiger partial charge in [0, 0.05) is 17.0 Å². The Morgan fingerprint density at radius 2 is 2.00 bits per heavy atom. The third-order valence-corrected chi connectivity index (χ3v) is 5.91. The van der Waals surface area contributed by atoms with Crippen molar-refractivity contribution in [1.82, 2.24) is 10.2 Å². The molecule has 1 heterocycles. The van der Waals surface area contributed by atoms with Gasteiger partial charge in [-0.15, -0.1) is 11.8 Å². The molecule has 5 nitrogen and oxygen atoms in total. The lowest BCUT2D eigenvalue weighted by molar-refractivity contribution is -0.140. The topological polar surface area (TPSA) is 69.6 Å². The monoisotopic (exact) mass is 304 g/mol. The molecule has 1 atom stereocenters. The Labute approximate surface area is 121 Å². The number of carbonyl (C=O) groups excluding carboxylic acids is 1. The van der Waals surface area contributed by atoms with E-state index in [4.69, 9.17) is 5.11 Å². The summed E-state index contributed by atoms with van der Waals surface area (Å²) in [5, 5.41) is 12.8. The summed E-state index contributed by atoms with van der Waals surface area (Å²) in [6.07, 6.45) is 6.38. The summed E-state index contributed by atoms with van der Waals surface area (Å²) < 4.78 is 0. The lowest BCUT2D eigenvalue weighted by Gasteiger charge is -2.30. The molecular weight excluding hydrogens is 284 g/mol. The smallest absolute Gasteiger partial charge is 0.327 e. The second-order valence-corrected chi connectivity index (χ2v) is 7.12. The van der Waals surface area contributed by atoms with Crippen LogP contribution >= 0.6 is 23.5 Å². The lowest BCUT2D eigenvalue weighted by atomic mass is 9.95. The number of aliphatic carboxylic acids is 1. The number of hydrogen-bond acceptors (Lipinski definition) is 4. The van der Waals surface area contributed by atoms with E-state index in [1.165, 1.54) is 16.7 Å². The highest BCUT2D eigenvalue weighted by Gasteiger charge is 2.35. The molecule has 2 N–H and O–H groups in total. The molecule has 19 heavy (non-hydrogen) atoms. The van der Waals surface area contributed by atoms with Crippen LogP contribution in [0.15, 0.2) is 0 Å². The van der Waals surface area contributed by atoms with Gasteiger partial charge in [-0.05, 0) is 31.9 Å². The molecule has 2 aliphatic rings. The fourth-order valence-electron chi connectivity index (χ4n) is 2.55. The van der Waals surface area contributed by atoms with Crippen molar-refractivity contribution >= 4 is 35.5 Å². The second kappa shape index (κ2) is 6.74. The quantitative estimate of drug-likeness (QED) is 0.832. The van der Waals surface area contributed by atoms with Crippen LogP contribution in [0.3, 0.4) is 0 Å². The third kappa shape index (κ3) is 3.72. The van der Waals surface area contributed by atoms with E-state index in [1.807, 2.05) is 11.8 Å². The summed E-state index contributed by atoms with van der Waals surface area (Å²) in [7, 11) is 0. The minimum absolute atomic E-state index is 0.205. The first kappa shape index (κ1) is 14.8. The predicted molar refractivity (Wildman–Crippen MR) is 78.7 cm³/mol. The SMILES string of the molecule is CSC1CCC(NC(=O)N2CSCC2C(=O)O)CC1. The summed E-state index contributed by atoms with van der Waals surface area (Å²) in [4.78, 5) is 24.6. The van der Waals surface area contributed by atoms with Gasteiger partial charge in [0.15, 0.2) is 0 Å². The van der Waals surface area contributed by atoms with Crippen molar-refractivity contribution < 1.29 is 14.7 Å². The fourth-order valence-corrected chi connectivity index (χ4v) is 4.44. The Balaban J connectivity index is 1.82. The van der Waals surface area contributed by atoms with Crippen LogP contribution in [0.4, 0.5) is 4.79 Å². The van der Waals surface area contributed by atoms with Crippen LogP contribution in [-0.2, 0) is 4.79 Å². The van der Waals surface area contributed by atoms with Crippen molar-refractivity contribution in [2.24, 2.45) is 0 Å². The minimum atomic E-state index is -0.911. The van der Waals surface area contributed by atoms with E-state index < -0.39 is 12.0 Å². The van der Waals surface area contributed by atoms with Gasteiger partial charge in [0.1, 0.15) is 6.04 Å². The average molecular weight is 304 g/mol. The number of urea groups is 1. The van der Waals surface area contributed by atoms with E-state index in [-0.39, 0.29) is 12.1 Å². The summed E-state index contributed by atoms with van der Waals surface area (Å²) in [5.74, 6) is 0.0523. The first-order valence-corrected chi connectivity index (χ1v) is 8.96. The largest absolute Gasteiger partial charge is 0.480 e. The van der Waals surface area contributed by atoms with Gasteiger partial charge in [-0.25, -0.2) is 9.59 Å². The highest BCUT2D eigenvalue weighted by Crippen LogP contribution is 2.27. The standard InChI is InChI=1S/C12H20N2O3S2/c1-18-9-4-2-8(3-5-9)13-12(17)14-7-19-6-10(14)11(15)16/h8-10H,2-7H2,1H3,(H,13,17)(H,15,16). The van der Waals surface area contributed by atoms with Gasteiger partial charge < -0.3 is 15.3 Å². The zero-order valence-electron chi connectivity index (χ0n) is 11.0. The number of amides is 2. The van der Waals surface area contributed by atoms with Crippen LogP contribution in [-0.4, -0.2) is 57.2 Å². The average Bonchev–Trinajstić information content (AvgIpc) is 2.89. The number of thioether (sulfide) groups is 2. The molecule has 0 aromatic carbocycles. The van der Waals surface area contributed by atoms with Crippen LogP contribution in [0.1, 0.15) is 25.7 Å². The number of rotatable bonds is 3. The minimum Gasteiger partial charge on any atom is -0.480 e. The van der Waals surface area contributed by atoms with Gasteiger partial charge in [0.05, 0.1) is 5.88 Å². The Bertz CT molecular complexity index is 346. The molecule has 0 spiro atoms. The van der Waals surface area contributed by atoms with E-state index in [0.29, 0.717) is 16.9 Å². The predicted octanol–water partition coefficient (Wildman–Crippen LogP) is 1.83. The number of nitrogens with one attached hydrogen (secondary N) is 1. The summed E-state index contributed by atoms with van der Waals surface area (Å²) in [6.45, 7) is 0. The maximum Gasteiger partial charge on any atom is 0.327 e. The van der Waals surface area contributed by atoms with Gasteiger partial charge in [-0.2, -0.15) is 11.8 Å². The van der Waals surface area contributed by atoms with Crippen LogP contribution < -0.4 is 5.32 Å². The molecule has 108 valence electrons. The fraction of sp³-hybridized carbons (Fsp3) is 0.833. The van der Waals surface area contributed by atoms with E-state index in [0.717, 1.165) is 25.7 Å². The van der Waals surface area contributed by atoms with Crippen molar-refractivity contribution in [1.29, 1.82) is 0 Å². The number of carboxylic acid groups (broad SMARTS) is 1. The summed E-state index contributed by atoms with van der Waals surface area (Å²) in [6, 6.07) is -0.687. The lowest BCUT2D eigenvalue weighted by Crippen LogP contribution is -2.50. The zero-order chi connectivity index (χ0) is 13.8. The zero-order valence-corrected chi connectivity index (χ0v) is 12.6. The van der Waals surface area contributed by atoms with Crippen LogP contribution in [0.2, 0.25) is 0 Å². The van der Waals surface area contributed by atoms with Crippen LogP contribution in [0.25, 0.3) is 0 Å². The van der Waals surface area contributed by atoms with Crippen molar-refractivity contribution in [3.05, 3.63) is 0 Å². The Morgan fingerprint density at radius 3 is 2.58 bits per heavy atom. The Hall–Kier alpha value is -0.560. The molecule has 1 saturated heterocycles. The Kier molecular flexibility index (Phi) is 5.27. The number of hydrogen-bond donors (Lipinski definition) is 2. The van der Waals surface area contributed by atoms with Gasteiger partial charge >= 0.3 is 12.0 Å². The normalized spacial score (nSPS) is 31.2. The molecule has 0 aromatic heterocycles. The van der Waals surface area contributed by atoms with Crippen LogP contribution in [0, 0.1) is 0 Å². The first-order valence-electron chi connectivity index (χ1n) is 6.52. The molecule has 2 rings (SSSR count). The van der Waals surface area contributed by atoms with E-state index in [1.54, 1.807) is 0 Å². The molecule has 1 unspecified atom stereocenters. The molecule has 0 aromatic rings. The molecule has 2 fully saturated rings. The molecule has 0 radical (unpaired) electrons. The van der Waals surface area contributed by atoms with E-state index in [2.05, 4.69) is 11.6 Å². The molecule has 1 saturated carbocycles. The highest BCUT2D eigenvalue weighted by molar-refractivity contribution is 7.99.